The van der Waals surface area contributed by atoms with Crippen LogP contribution in [0.25, 0.3) is 0 Å². The summed E-state index contributed by atoms with van der Waals surface area (Å²) < 4.78 is 2.08. The van der Waals surface area contributed by atoms with E-state index in [-0.39, 0.29) is 0 Å². The zero-order valence-corrected chi connectivity index (χ0v) is 18.0. The summed E-state index contributed by atoms with van der Waals surface area (Å²) in [7, 11) is 3.95. The second-order valence-electron chi connectivity index (χ2n) is 5.03. The summed E-state index contributed by atoms with van der Waals surface area (Å²) in [5, 5.41) is 3.03. The molecule has 0 amide bonds. The minimum absolute atomic E-state index is 1.16. The predicted molar refractivity (Wildman–Crippen MR) is 120 cm³/mol. The van der Waals surface area contributed by atoms with Gasteiger partial charge in [-0.05, 0) is 38.1 Å². The van der Waals surface area contributed by atoms with Crippen molar-refractivity contribution in [3.05, 3.63) is 90.3 Å². The summed E-state index contributed by atoms with van der Waals surface area (Å²) >= 11 is 0. The van der Waals surface area contributed by atoms with Crippen LogP contribution >= 0.6 is 0 Å². The van der Waals surface area contributed by atoms with Crippen LogP contribution < -0.4 is 5.32 Å². The first-order valence-electron chi connectivity index (χ1n) is 9.46. The van der Waals surface area contributed by atoms with Gasteiger partial charge in [-0.1, -0.05) is 81.8 Å². The fraction of sp³-hybridized carbons (Fsp3) is 0.333. The number of rotatable bonds is 1. The number of aromatic nitrogens is 1. The SMILES string of the molecule is CC.CC.CNc1ccccc1.Cc1ccccc1.Cc1cccn1C. The van der Waals surface area contributed by atoms with Crippen molar-refractivity contribution in [1.82, 2.24) is 4.57 Å². The van der Waals surface area contributed by atoms with E-state index in [1.807, 2.05) is 103 Å². The minimum Gasteiger partial charge on any atom is -0.388 e. The van der Waals surface area contributed by atoms with Crippen molar-refractivity contribution in [3.63, 3.8) is 0 Å². The molecular formula is C24H38N2. The molecule has 3 rings (SSSR count). The van der Waals surface area contributed by atoms with E-state index in [0.717, 1.165) is 5.69 Å². The molecular weight excluding hydrogens is 316 g/mol. The summed E-state index contributed by atoms with van der Waals surface area (Å²) in [6.07, 6.45) is 2.04. The Morgan fingerprint density at radius 3 is 1.31 bits per heavy atom. The molecule has 26 heavy (non-hydrogen) atoms. The van der Waals surface area contributed by atoms with Gasteiger partial charge < -0.3 is 9.88 Å². The molecule has 2 aromatic carbocycles. The van der Waals surface area contributed by atoms with Crippen LogP contribution in [0.3, 0.4) is 0 Å². The average Bonchev–Trinajstić information content (AvgIpc) is 3.10. The van der Waals surface area contributed by atoms with Crippen LogP contribution in [0, 0.1) is 13.8 Å². The largest absolute Gasteiger partial charge is 0.388 e. The zero-order valence-electron chi connectivity index (χ0n) is 18.0. The first kappa shape index (κ1) is 25.8. The highest BCUT2D eigenvalue weighted by Crippen LogP contribution is 2.01. The second-order valence-corrected chi connectivity index (χ2v) is 5.03. The minimum atomic E-state index is 1.16. The van der Waals surface area contributed by atoms with Crippen molar-refractivity contribution in [2.45, 2.75) is 41.5 Å². The third-order valence-electron chi connectivity index (χ3n) is 3.21. The molecule has 1 aromatic heterocycles. The predicted octanol–water partition coefficient (Wildman–Crippen LogP) is 7.11. The molecule has 2 heteroatoms. The van der Waals surface area contributed by atoms with Gasteiger partial charge in [0.05, 0.1) is 0 Å². The van der Waals surface area contributed by atoms with E-state index in [1.165, 1.54) is 11.3 Å². The van der Waals surface area contributed by atoms with Crippen molar-refractivity contribution in [2.24, 2.45) is 7.05 Å². The molecule has 0 saturated carbocycles. The number of hydrogen-bond acceptors (Lipinski definition) is 1. The molecule has 0 saturated heterocycles. The van der Waals surface area contributed by atoms with E-state index >= 15 is 0 Å². The molecule has 1 N–H and O–H groups in total. The molecule has 0 bridgehead atoms. The summed E-state index contributed by atoms with van der Waals surface area (Å²) in [6, 6.07) is 24.4. The highest BCUT2D eigenvalue weighted by Gasteiger charge is 1.82. The zero-order chi connectivity index (χ0) is 20.2. The first-order valence-corrected chi connectivity index (χ1v) is 9.46. The lowest BCUT2D eigenvalue weighted by molar-refractivity contribution is 0.882. The van der Waals surface area contributed by atoms with Gasteiger partial charge in [-0.25, -0.2) is 0 Å². The molecule has 0 aliphatic rings. The normalized spacial score (nSPS) is 8.00. The van der Waals surface area contributed by atoms with Crippen molar-refractivity contribution in [2.75, 3.05) is 12.4 Å². The van der Waals surface area contributed by atoms with Crippen LogP contribution in [-0.2, 0) is 7.05 Å². The number of nitrogens with zero attached hydrogens (tertiary/aromatic N) is 1. The molecule has 0 spiro atoms. The summed E-state index contributed by atoms with van der Waals surface area (Å²) in [4.78, 5) is 0. The maximum absolute atomic E-state index is 3.03. The lowest BCUT2D eigenvalue weighted by Gasteiger charge is -1.94. The molecule has 0 aliphatic heterocycles. The molecule has 0 unspecified atom stereocenters. The smallest absolute Gasteiger partial charge is 0.0337 e. The molecule has 0 aliphatic carbocycles. The number of hydrogen-bond donors (Lipinski definition) is 1. The van der Waals surface area contributed by atoms with Gasteiger partial charge in [-0.15, -0.1) is 0 Å². The van der Waals surface area contributed by atoms with Crippen LogP contribution in [0.4, 0.5) is 5.69 Å². The van der Waals surface area contributed by atoms with Crippen LogP contribution in [0.1, 0.15) is 39.0 Å². The van der Waals surface area contributed by atoms with Gasteiger partial charge in [-0.3, -0.25) is 0 Å². The third-order valence-corrected chi connectivity index (χ3v) is 3.21. The molecule has 0 fully saturated rings. The quantitative estimate of drug-likeness (QED) is 0.492. The van der Waals surface area contributed by atoms with Gasteiger partial charge >= 0.3 is 0 Å². The lowest BCUT2D eigenvalue weighted by Crippen LogP contribution is -1.84. The van der Waals surface area contributed by atoms with Gasteiger partial charge in [0.15, 0.2) is 0 Å². The second kappa shape index (κ2) is 18.9. The number of nitrogens with one attached hydrogen (secondary N) is 1. The summed E-state index contributed by atoms with van der Waals surface area (Å²) in [5.41, 5.74) is 3.79. The first-order chi connectivity index (χ1) is 12.6. The number of anilines is 1. The summed E-state index contributed by atoms with van der Waals surface area (Å²) in [5.74, 6) is 0. The van der Waals surface area contributed by atoms with Crippen molar-refractivity contribution < 1.29 is 0 Å². The van der Waals surface area contributed by atoms with E-state index in [1.54, 1.807) is 0 Å². The van der Waals surface area contributed by atoms with Gasteiger partial charge in [0.25, 0.3) is 0 Å². The molecule has 0 radical (unpaired) electrons. The topological polar surface area (TPSA) is 17.0 Å². The molecule has 3 aromatic rings. The van der Waals surface area contributed by atoms with Crippen LogP contribution in [-0.4, -0.2) is 11.6 Å². The van der Waals surface area contributed by atoms with Gasteiger partial charge in [0.1, 0.15) is 0 Å². The third kappa shape index (κ3) is 13.9. The fourth-order valence-corrected chi connectivity index (χ4v) is 1.69. The maximum Gasteiger partial charge on any atom is 0.0337 e. The molecule has 144 valence electrons. The van der Waals surface area contributed by atoms with Crippen molar-refractivity contribution >= 4 is 5.69 Å². The number of benzene rings is 2. The Morgan fingerprint density at radius 2 is 1.12 bits per heavy atom. The van der Waals surface area contributed by atoms with E-state index in [4.69, 9.17) is 0 Å². The lowest BCUT2D eigenvalue weighted by atomic mass is 10.2. The number of aryl methyl sites for hydroxylation is 3. The van der Waals surface area contributed by atoms with Gasteiger partial charge in [-0.2, -0.15) is 0 Å². The number of para-hydroxylation sites is 1. The molecule has 0 atom stereocenters. The standard InChI is InChI=1S/C7H9N.C7H8.C6H9N.2C2H6/c1-8-7-5-3-2-4-6-7;1-7-5-3-2-4-6-7;1-6-4-3-5-7(6)2;2*1-2/h2-6,8H,1H3;2-6H,1H3;3-5H,1-2H3;2*1-2H3. The molecule has 1 heterocycles. The molecule has 2 nitrogen and oxygen atoms in total. The van der Waals surface area contributed by atoms with E-state index < -0.39 is 0 Å². The van der Waals surface area contributed by atoms with Gasteiger partial charge in [0.2, 0.25) is 0 Å². The maximum atomic E-state index is 3.03. The van der Waals surface area contributed by atoms with Crippen LogP contribution in [0.5, 0.6) is 0 Å². The van der Waals surface area contributed by atoms with Crippen LogP contribution in [0.15, 0.2) is 79.0 Å². The van der Waals surface area contributed by atoms with Crippen molar-refractivity contribution in [1.29, 1.82) is 0 Å². The summed E-state index contributed by atoms with van der Waals surface area (Å²) in [6.45, 7) is 12.2. The van der Waals surface area contributed by atoms with E-state index in [0.29, 0.717) is 0 Å². The Bertz CT molecular complexity index is 596. The Balaban J connectivity index is 0. The Morgan fingerprint density at radius 1 is 0.654 bits per heavy atom. The van der Waals surface area contributed by atoms with E-state index in [9.17, 15) is 0 Å². The Kier molecular flexibility index (Phi) is 18.7. The Labute approximate surface area is 161 Å². The monoisotopic (exact) mass is 354 g/mol. The van der Waals surface area contributed by atoms with Crippen LogP contribution in [0.2, 0.25) is 0 Å². The van der Waals surface area contributed by atoms with E-state index in [2.05, 4.69) is 41.9 Å². The fourth-order valence-electron chi connectivity index (χ4n) is 1.69. The van der Waals surface area contributed by atoms with Gasteiger partial charge in [0, 0.05) is 31.7 Å². The average molecular weight is 355 g/mol. The Hall–Kier alpha value is -2.48. The highest BCUT2D eigenvalue weighted by atomic mass is 14.9. The highest BCUT2D eigenvalue weighted by molar-refractivity contribution is 5.41. The van der Waals surface area contributed by atoms with Crippen molar-refractivity contribution in [3.8, 4) is 0 Å².